The van der Waals surface area contributed by atoms with E-state index >= 15 is 0 Å². The van der Waals surface area contributed by atoms with E-state index in [1.807, 2.05) is 0 Å². The zero-order valence-corrected chi connectivity index (χ0v) is 11.6. The zero-order valence-electron chi connectivity index (χ0n) is 11.6. The van der Waals surface area contributed by atoms with Gasteiger partial charge in [-0.1, -0.05) is 19.3 Å². The van der Waals surface area contributed by atoms with Gasteiger partial charge >= 0.3 is 12.0 Å². The van der Waals surface area contributed by atoms with Gasteiger partial charge in [0.15, 0.2) is 0 Å². The number of carbonyl (C=O) groups excluding carboxylic acids is 1. The lowest BCUT2D eigenvalue weighted by atomic mass is 10.0. The molecule has 0 aromatic carbocycles. The van der Waals surface area contributed by atoms with Gasteiger partial charge in [0.25, 0.3) is 0 Å². The first kappa shape index (κ1) is 14.8. The van der Waals surface area contributed by atoms with Crippen LogP contribution in [-0.2, 0) is 4.79 Å². The van der Waals surface area contributed by atoms with Crippen LogP contribution in [0.3, 0.4) is 0 Å². The molecule has 1 fully saturated rings. The fourth-order valence-electron chi connectivity index (χ4n) is 2.03. The molecule has 104 valence electrons. The Hall–Kier alpha value is -1.26. The molecule has 5 heteroatoms. The molecule has 0 unspecified atom stereocenters. The molecule has 0 aliphatic carbocycles. The minimum atomic E-state index is -1.17. The van der Waals surface area contributed by atoms with Gasteiger partial charge in [0.2, 0.25) is 0 Å². The van der Waals surface area contributed by atoms with Gasteiger partial charge in [0, 0.05) is 20.1 Å². The van der Waals surface area contributed by atoms with Crippen molar-refractivity contribution >= 4 is 12.0 Å². The third kappa shape index (κ3) is 3.37. The van der Waals surface area contributed by atoms with Crippen molar-refractivity contribution in [2.75, 3.05) is 20.1 Å². The van der Waals surface area contributed by atoms with Gasteiger partial charge < -0.3 is 14.9 Å². The molecule has 0 atom stereocenters. The highest BCUT2D eigenvalue weighted by atomic mass is 16.4. The third-order valence-corrected chi connectivity index (χ3v) is 3.78. The largest absolute Gasteiger partial charge is 0.480 e. The van der Waals surface area contributed by atoms with Crippen molar-refractivity contribution in [1.82, 2.24) is 9.80 Å². The van der Waals surface area contributed by atoms with Crippen LogP contribution in [0, 0.1) is 0 Å². The Balaban J connectivity index is 2.69. The van der Waals surface area contributed by atoms with Crippen molar-refractivity contribution in [3.63, 3.8) is 0 Å². The first-order chi connectivity index (χ1) is 8.37. The second-order valence-corrected chi connectivity index (χ2v) is 5.46. The Bertz CT molecular complexity index is 307. The number of likely N-dealkylation sites (N-methyl/N-ethyl adjacent to an activating group) is 1. The average molecular weight is 256 g/mol. The van der Waals surface area contributed by atoms with Crippen molar-refractivity contribution < 1.29 is 14.7 Å². The van der Waals surface area contributed by atoms with Crippen LogP contribution in [0.25, 0.3) is 0 Å². The Morgan fingerprint density at radius 3 is 1.94 bits per heavy atom. The summed E-state index contributed by atoms with van der Waals surface area (Å²) in [6.45, 7) is 4.58. The molecule has 1 rings (SSSR count). The summed E-state index contributed by atoms with van der Waals surface area (Å²) in [7, 11) is 1.56. The van der Waals surface area contributed by atoms with Gasteiger partial charge in [-0.15, -0.1) is 0 Å². The lowest BCUT2D eigenvalue weighted by Crippen LogP contribution is -2.55. The van der Waals surface area contributed by atoms with Gasteiger partial charge in [-0.3, -0.25) is 0 Å². The molecule has 0 aromatic heterocycles. The van der Waals surface area contributed by atoms with Gasteiger partial charge in [-0.25, -0.2) is 9.59 Å². The van der Waals surface area contributed by atoms with E-state index in [2.05, 4.69) is 0 Å². The summed E-state index contributed by atoms with van der Waals surface area (Å²) >= 11 is 0. The highest BCUT2D eigenvalue weighted by molar-refractivity contribution is 5.85. The molecule has 18 heavy (non-hydrogen) atoms. The smallest absolute Gasteiger partial charge is 0.329 e. The second-order valence-electron chi connectivity index (χ2n) is 5.46. The number of carboxylic acids is 1. The quantitative estimate of drug-likeness (QED) is 0.823. The summed E-state index contributed by atoms with van der Waals surface area (Å²) in [5.41, 5.74) is -1.17. The van der Waals surface area contributed by atoms with Crippen LogP contribution in [0.5, 0.6) is 0 Å². The Labute approximate surface area is 109 Å². The molecule has 1 saturated heterocycles. The van der Waals surface area contributed by atoms with Gasteiger partial charge in [0.1, 0.15) is 5.54 Å². The van der Waals surface area contributed by atoms with Gasteiger partial charge in [-0.05, 0) is 26.7 Å². The summed E-state index contributed by atoms with van der Waals surface area (Å²) < 4.78 is 0. The molecular formula is C13H24N2O3. The van der Waals surface area contributed by atoms with Crippen molar-refractivity contribution in [1.29, 1.82) is 0 Å². The zero-order chi connectivity index (χ0) is 13.8. The first-order valence-corrected chi connectivity index (χ1v) is 6.63. The molecule has 1 aliphatic heterocycles. The van der Waals surface area contributed by atoms with Crippen LogP contribution in [0.15, 0.2) is 0 Å². The Morgan fingerprint density at radius 1 is 1.06 bits per heavy atom. The lowest BCUT2D eigenvalue weighted by molar-refractivity contribution is -0.147. The maximum absolute atomic E-state index is 12.3. The number of carbonyl (C=O) groups is 2. The number of hydrogen-bond donors (Lipinski definition) is 1. The summed E-state index contributed by atoms with van der Waals surface area (Å²) in [4.78, 5) is 26.6. The fourth-order valence-corrected chi connectivity index (χ4v) is 2.03. The molecule has 5 nitrogen and oxygen atoms in total. The molecule has 1 heterocycles. The van der Waals surface area contributed by atoms with Crippen molar-refractivity contribution in [2.24, 2.45) is 0 Å². The van der Waals surface area contributed by atoms with Crippen LogP contribution in [-0.4, -0.2) is 52.6 Å². The summed E-state index contributed by atoms with van der Waals surface area (Å²) in [6.07, 6.45) is 5.55. The number of likely N-dealkylation sites (tertiary alicyclic amines) is 1. The van der Waals surface area contributed by atoms with Crippen molar-refractivity contribution in [3.05, 3.63) is 0 Å². The normalized spacial score (nSPS) is 17.8. The monoisotopic (exact) mass is 256 g/mol. The topological polar surface area (TPSA) is 60.9 Å². The minimum Gasteiger partial charge on any atom is -0.480 e. The standard InChI is InChI=1S/C13H24N2O3/c1-13(2,11(16)17)14(3)12(18)15-9-7-5-4-6-8-10-15/h4-10H2,1-3H3,(H,16,17). The molecule has 0 saturated carbocycles. The summed E-state index contributed by atoms with van der Waals surface area (Å²) in [5, 5.41) is 9.15. The number of rotatable bonds is 2. The van der Waals surface area contributed by atoms with Crippen LogP contribution >= 0.6 is 0 Å². The number of aliphatic carboxylic acids is 1. The molecule has 0 aromatic rings. The van der Waals surface area contributed by atoms with Gasteiger partial charge in [-0.2, -0.15) is 0 Å². The molecule has 1 N–H and O–H groups in total. The number of carboxylic acid groups (broad SMARTS) is 1. The average Bonchev–Trinajstić information content (AvgIpc) is 2.26. The van der Waals surface area contributed by atoms with Crippen LogP contribution in [0.4, 0.5) is 4.79 Å². The summed E-state index contributed by atoms with van der Waals surface area (Å²) in [5.74, 6) is -0.981. The number of urea groups is 1. The Kier molecular flexibility index (Phi) is 4.99. The van der Waals surface area contributed by atoms with Gasteiger partial charge in [0.05, 0.1) is 0 Å². The minimum absolute atomic E-state index is 0.177. The maximum atomic E-state index is 12.3. The van der Waals surface area contributed by atoms with E-state index in [1.54, 1.807) is 25.8 Å². The molecule has 0 radical (unpaired) electrons. The van der Waals surface area contributed by atoms with E-state index in [9.17, 15) is 9.59 Å². The maximum Gasteiger partial charge on any atom is 0.329 e. The van der Waals surface area contributed by atoms with E-state index in [0.29, 0.717) is 0 Å². The van der Waals surface area contributed by atoms with Crippen LogP contribution in [0.2, 0.25) is 0 Å². The third-order valence-electron chi connectivity index (χ3n) is 3.78. The van der Waals surface area contributed by atoms with Crippen LogP contribution < -0.4 is 0 Å². The predicted molar refractivity (Wildman–Crippen MR) is 69.5 cm³/mol. The highest BCUT2D eigenvalue weighted by Crippen LogP contribution is 2.17. The summed E-state index contributed by atoms with van der Waals surface area (Å²) in [6, 6.07) is -0.177. The highest BCUT2D eigenvalue weighted by Gasteiger charge is 2.37. The molecule has 2 amide bonds. The number of amides is 2. The van der Waals surface area contributed by atoms with E-state index in [1.165, 1.54) is 11.3 Å². The molecule has 0 spiro atoms. The number of hydrogen-bond acceptors (Lipinski definition) is 2. The van der Waals surface area contributed by atoms with E-state index in [0.717, 1.165) is 38.8 Å². The number of nitrogens with zero attached hydrogens (tertiary/aromatic N) is 2. The first-order valence-electron chi connectivity index (χ1n) is 6.63. The Morgan fingerprint density at radius 2 is 1.50 bits per heavy atom. The fraction of sp³-hybridized carbons (Fsp3) is 0.846. The SMILES string of the molecule is CN(C(=O)N1CCCCCCC1)C(C)(C)C(=O)O. The van der Waals surface area contributed by atoms with Crippen molar-refractivity contribution in [3.8, 4) is 0 Å². The van der Waals surface area contributed by atoms with E-state index in [4.69, 9.17) is 5.11 Å². The van der Waals surface area contributed by atoms with E-state index in [-0.39, 0.29) is 6.03 Å². The van der Waals surface area contributed by atoms with Crippen molar-refractivity contribution in [2.45, 2.75) is 51.5 Å². The molecular weight excluding hydrogens is 232 g/mol. The second kappa shape index (κ2) is 6.07. The lowest BCUT2D eigenvalue weighted by Gasteiger charge is -2.36. The predicted octanol–water partition coefficient (Wildman–Crippen LogP) is 2.17. The molecule has 0 bridgehead atoms. The van der Waals surface area contributed by atoms with E-state index < -0.39 is 11.5 Å². The molecule has 1 aliphatic rings. The van der Waals surface area contributed by atoms with Crippen LogP contribution in [0.1, 0.15) is 46.0 Å².